The highest BCUT2D eigenvalue weighted by atomic mass is 16.7. The Balaban J connectivity index is 1.39. The first-order valence-electron chi connectivity index (χ1n) is 8.90. The van der Waals surface area contributed by atoms with Gasteiger partial charge in [0.15, 0.2) is 11.5 Å². The van der Waals surface area contributed by atoms with E-state index in [1.807, 2.05) is 30.3 Å². The normalized spacial score (nSPS) is 18.0. The average molecular weight is 381 g/mol. The van der Waals surface area contributed by atoms with Crippen LogP contribution in [0.5, 0.6) is 11.5 Å². The topological polar surface area (TPSA) is 97.0 Å². The fourth-order valence-corrected chi connectivity index (χ4v) is 3.22. The summed E-state index contributed by atoms with van der Waals surface area (Å²) in [6.07, 6.45) is -0.149. The lowest BCUT2D eigenvalue weighted by Gasteiger charge is -2.32. The zero-order valence-electron chi connectivity index (χ0n) is 15.0. The first-order chi connectivity index (χ1) is 13.6. The molecule has 4 rings (SSSR count). The second-order valence-corrected chi connectivity index (χ2v) is 6.62. The van der Waals surface area contributed by atoms with Crippen LogP contribution in [0.25, 0.3) is 0 Å². The van der Waals surface area contributed by atoms with Crippen LogP contribution in [0.15, 0.2) is 48.5 Å². The molecule has 3 amide bonds. The summed E-state index contributed by atoms with van der Waals surface area (Å²) >= 11 is 0. The number of rotatable bonds is 5. The van der Waals surface area contributed by atoms with Gasteiger partial charge in [0.1, 0.15) is 6.04 Å². The predicted molar refractivity (Wildman–Crippen MR) is 99.6 cm³/mol. The molecule has 2 aliphatic heterocycles. The molecule has 2 N–H and O–H groups in total. The molecular weight excluding hydrogens is 362 g/mol. The summed E-state index contributed by atoms with van der Waals surface area (Å²) in [4.78, 5) is 38.6. The van der Waals surface area contributed by atoms with Crippen molar-refractivity contribution < 1.29 is 23.9 Å². The average Bonchev–Trinajstić information content (AvgIpc) is 3.14. The van der Waals surface area contributed by atoms with Gasteiger partial charge < -0.3 is 25.0 Å². The zero-order chi connectivity index (χ0) is 19.5. The lowest BCUT2D eigenvalue weighted by molar-refractivity contribution is -0.145. The van der Waals surface area contributed by atoms with E-state index < -0.39 is 6.04 Å². The highest BCUT2D eigenvalue weighted by Crippen LogP contribution is 2.34. The fourth-order valence-electron chi connectivity index (χ4n) is 3.22. The number of nitrogens with zero attached hydrogens (tertiary/aromatic N) is 1. The van der Waals surface area contributed by atoms with Gasteiger partial charge in [-0.1, -0.05) is 30.3 Å². The van der Waals surface area contributed by atoms with E-state index >= 15 is 0 Å². The quantitative estimate of drug-likeness (QED) is 0.813. The second-order valence-electron chi connectivity index (χ2n) is 6.62. The van der Waals surface area contributed by atoms with Gasteiger partial charge in [0.2, 0.25) is 24.5 Å². The number of carbonyl (C=O) groups excluding carboxylic acids is 3. The highest BCUT2D eigenvalue weighted by molar-refractivity contribution is 6.00. The molecule has 0 spiro atoms. The summed E-state index contributed by atoms with van der Waals surface area (Å²) in [6, 6.07) is 13.6. The summed E-state index contributed by atoms with van der Waals surface area (Å²) in [5.74, 6) is 0.234. The van der Waals surface area contributed by atoms with Gasteiger partial charge in [0.25, 0.3) is 0 Å². The Kier molecular flexibility index (Phi) is 4.84. The van der Waals surface area contributed by atoms with Crippen molar-refractivity contribution in [2.75, 3.05) is 18.7 Å². The highest BCUT2D eigenvalue weighted by Gasteiger charge is 2.34. The number of nitrogens with one attached hydrogen (secondary N) is 2. The minimum absolute atomic E-state index is 0.0198. The van der Waals surface area contributed by atoms with Gasteiger partial charge in [0.05, 0.1) is 13.0 Å². The molecule has 28 heavy (non-hydrogen) atoms. The minimum atomic E-state index is -0.890. The molecule has 0 aromatic heterocycles. The van der Waals surface area contributed by atoms with E-state index in [-0.39, 0.29) is 37.5 Å². The van der Waals surface area contributed by atoms with E-state index in [2.05, 4.69) is 10.6 Å². The summed E-state index contributed by atoms with van der Waals surface area (Å²) in [5, 5.41) is 5.33. The van der Waals surface area contributed by atoms with E-state index in [1.54, 1.807) is 18.2 Å². The van der Waals surface area contributed by atoms with Gasteiger partial charge >= 0.3 is 0 Å². The van der Waals surface area contributed by atoms with E-state index in [9.17, 15) is 14.4 Å². The molecule has 1 saturated heterocycles. The van der Waals surface area contributed by atoms with Crippen molar-refractivity contribution in [2.45, 2.75) is 19.0 Å². The van der Waals surface area contributed by atoms with Crippen LogP contribution < -0.4 is 20.1 Å². The number of piperazine rings is 1. The fraction of sp³-hybridized carbons (Fsp3) is 0.250. The third-order valence-electron chi connectivity index (χ3n) is 4.54. The minimum Gasteiger partial charge on any atom is -0.454 e. The Hall–Kier alpha value is -3.55. The van der Waals surface area contributed by atoms with Crippen LogP contribution in [-0.4, -0.2) is 42.0 Å². The van der Waals surface area contributed by atoms with Crippen LogP contribution in [0.1, 0.15) is 12.0 Å². The van der Waals surface area contributed by atoms with Crippen LogP contribution in [0.3, 0.4) is 0 Å². The molecule has 1 fully saturated rings. The zero-order valence-corrected chi connectivity index (χ0v) is 15.0. The SMILES string of the molecule is O=C(CC1NC(=O)CN(Cc2ccccc2)C1=O)Nc1ccc2c(c1)OCO2. The maximum Gasteiger partial charge on any atom is 0.246 e. The Morgan fingerprint density at radius 2 is 1.89 bits per heavy atom. The van der Waals surface area contributed by atoms with E-state index in [0.717, 1.165) is 5.56 Å². The molecule has 144 valence electrons. The summed E-state index contributed by atoms with van der Waals surface area (Å²) in [7, 11) is 0. The molecule has 2 aromatic carbocycles. The van der Waals surface area contributed by atoms with Gasteiger partial charge in [-0.25, -0.2) is 0 Å². The van der Waals surface area contributed by atoms with E-state index in [4.69, 9.17) is 9.47 Å². The van der Waals surface area contributed by atoms with Crippen LogP contribution in [-0.2, 0) is 20.9 Å². The molecule has 2 aliphatic rings. The largest absolute Gasteiger partial charge is 0.454 e. The smallest absolute Gasteiger partial charge is 0.246 e. The molecule has 2 heterocycles. The maximum absolute atomic E-state index is 12.7. The van der Waals surface area contributed by atoms with Crippen LogP contribution in [0, 0.1) is 0 Å². The molecule has 0 bridgehead atoms. The third-order valence-corrected chi connectivity index (χ3v) is 4.54. The predicted octanol–water partition coefficient (Wildman–Crippen LogP) is 1.27. The van der Waals surface area contributed by atoms with Crippen molar-refractivity contribution in [3.63, 3.8) is 0 Å². The molecule has 2 aromatic rings. The van der Waals surface area contributed by atoms with Crippen molar-refractivity contribution >= 4 is 23.4 Å². The van der Waals surface area contributed by atoms with Crippen molar-refractivity contribution in [3.05, 3.63) is 54.1 Å². The lowest BCUT2D eigenvalue weighted by atomic mass is 10.1. The first kappa shape index (κ1) is 17.8. The lowest BCUT2D eigenvalue weighted by Crippen LogP contribution is -2.58. The third kappa shape index (κ3) is 3.90. The first-order valence-corrected chi connectivity index (χ1v) is 8.90. The van der Waals surface area contributed by atoms with Crippen LogP contribution in [0.4, 0.5) is 5.69 Å². The maximum atomic E-state index is 12.7. The number of hydrogen-bond acceptors (Lipinski definition) is 5. The van der Waals surface area contributed by atoms with Crippen molar-refractivity contribution in [1.82, 2.24) is 10.2 Å². The second kappa shape index (κ2) is 7.59. The van der Waals surface area contributed by atoms with E-state index in [0.29, 0.717) is 23.7 Å². The van der Waals surface area contributed by atoms with Gasteiger partial charge in [-0.3, -0.25) is 14.4 Å². The van der Waals surface area contributed by atoms with Gasteiger partial charge in [-0.2, -0.15) is 0 Å². The van der Waals surface area contributed by atoms with Crippen molar-refractivity contribution in [2.24, 2.45) is 0 Å². The standard InChI is InChI=1S/C20H19N3O5/c24-18(21-14-6-7-16-17(8-14)28-12-27-16)9-15-20(26)23(11-19(25)22-15)10-13-4-2-1-3-5-13/h1-8,15H,9-12H2,(H,21,24)(H,22,25). The molecule has 0 saturated carbocycles. The summed E-state index contributed by atoms with van der Waals surface area (Å²) < 4.78 is 10.5. The number of ether oxygens (including phenoxy) is 2. The number of amides is 3. The molecule has 1 atom stereocenters. The van der Waals surface area contributed by atoms with Crippen molar-refractivity contribution in [1.29, 1.82) is 0 Å². The molecule has 0 radical (unpaired) electrons. The number of hydrogen-bond donors (Lipinski definition) is 2. The molecule has 1 unspecified atom stereocenters. The number of anilines is 1. The number of fused-ring (bicyclic) bond motifs is 1. The monoisotopic (exact) mass is 381 g/mol. The van der Waals surface area contributed by atoms with Crippen molar-refractivity contribution in [3.8, 4) is 11.5 Å². The molecule has 8 nitrogen and oxygen atoms in total. The Labute approximate surface area is 161 Å². The van der Waals surface area contributed by atoms with Crippen LogP contribution in [0.2, 0.25) is 0 Å². The Morgan fingerprint density at radius 3 is 2.71 bits per heavy atom. The summed E-state index contributed by atoms with van der Waals surface area (Å²) in [6.45, 7) is 0.452. The molecule has 8 heteroatoms. The molecule has 0 aliphatic carbocycles. The molecular formula is C20H19N3O5. The van der Waals surface area contributed by atoms with E-state index in [1.165, 1.54) is 4.90 Å². The van der Waals surface area contributed by atoms with Gasteiger partial charge in [0, 0.05) is 18.3 Å². The Bertz CT molecular complexity index is 915. The van der Waals surface area contributed by atoms with Gasteiger partial charge in [-0.05, 0) is 17.7 Å². The van der Waals surface area contributed by atoms with Crippen LogP contribution >= 0.6 is 0 Å². The number of carbonyl (C=O) groups is 3. The Morgan fingerprint density at radius 1 is 1.11 bits per heavy atom. The van der Waals surface area contributed by atoms with Gasteiger partial charge in [-0.15, -0.1) is 0 Å². The number of benzene rings is 2. The summed E-state index contributed by atoms with van der Waals surface area (Å²) in [5.41, 5.74) is 1.46.